The van der Waals surface area contributed by atoms with E-state index in [1.54, 1.807) is 26.2 Å². The monoisotopic (exact) mass is 972 g/mol. The van der Waals surface area contributed by atoms with Crippen LogP contribution >= 0.6 is 11.3 Å². The minimum atomic E-state index is -4.82. The molecular weight excluding hydrogens is 918 g/mol. The van der Waals surface area contributed by atoms with Crippen LogP contribution in [0.25, 0.3) is 32.9 Å². The maximum atomic E-state index is 14.7. The highest BCUT2D eigenvalue weighted by Crippen LogP contribution is 2.46. The molecule has 3 aliphatic rings. The lowest BCUT2D eigenvalue weighted by Gasteiger charge is -2.30. The SMILES string of the molecule is CC(C)n1c(O[C@@H]2C[C@H]3C(=O)N[C@]4(C(=O)NS(=O)(=O)N(C)C)C[C@H]4/C=C\CCCCC[C@H](NC(=O)OC(C)(C)C)C(=O)N3C2)nc2c(-c3nc(-c4ccc(OC(F)(F)F)cc4)cs3)cccc21. The van der Waals surface area contributed by atoms with Gasteiger partial charge in [0, 0.05) is 49.0 Å². The Morgan fingerprint density at radius 1 is 1.03 bits per heavy atom. The Balaban J connectivity index is 1.21. The van der Waals surface area contributed by atoms with E-state index < -0.39 is 75.6 Å². The van der Waals surface area contributed by atoms with Gasteiger partial charge < -0.3 is 29.7 Å². The van der Waals surface area contributed by atoms with Gasteiger partial charge in [-0.25, -0.2) is 14.5 Å². The van der Waals surface area contributed by atoms with Crippen LogP contribution in [0.4, 0.5) is 18.0 Å². The molecule has 7 rings (SSSR count). The molecule has 0 bridgehead atoms. The summed E-state index contributed by atoms with van der Waals surface area (Å²) >= 11 is 1.32. The Morgan fingerprint density at radius 2 is 1.76 bits per heavy atom. The molecule has 362 valence electrons. The summed E-state index contributed by atoms with van der Waals surface area (Å²) in [4.78, 5) is 67.4. The minimum Gasteiger partial charge on any atom is -0.459 e. The first-order valence-corrected chi connectivity index (χ1v) is 24.3. The standard InChI is InChI=1S/C45H55F3N8O9S2/c1-26(2)56-34-17-13-15-31(38-49-33(25-66-38)27-18-20-29(21-19-27)64-45(46,47)48)36(34)51-41(56)63-30-22-35-37(57)52-44(40(59)53-67(61,62)54(6)7)23-28(44)14-11-9-8-10-12-16-32(39(58)55(35)24-30)50-42(60)65-43(3,4)5/h11,13-15,17-21,25-26,28,30,32,35H,8-10,12,16,22-24H2,1-7H3,(H,50,60)(H,52,57)(H,53,59)/b14-11-/t28-,30-,32+,35+,44-/m1/s1. The fourth-order valence-electron chi connectivity index (χ4n) is 8.27. The van der Waals surface area contributed by atoms with Gasteiger partial charge in [0.2, 0.25) is 11.8 Å². The zero-order chi connectivity index (χ0) is 48.6. The second-order valence-corrected chi connectivity index (χ2v) is 21.1. The van der Waals surface area contributed by atoms with Crippen molar-refractivity contribution in [2.45, 2.75) is 121 Å². The number of fused-ring (bicyclic) bond motifs is 3. The smallest absolute Gasteiger partial charge is 0.459 e. The molecule has 67 heavy (non-hydrogen) atoms. The number of nitrogens with zero attached hydrogens (tertiary/aromatic N) is 5. The third-order valence-corrected chi connectivity index (χ3v) is 13.9. The number of carbonyl (C=O) groups is 4. The zero-order valence-corrected chi connectivity index (χ0v) is 39.8. The largest absolute Gasteiger partial charge is 0.573 e. The number of nitrogens with one attached hydrogen (secondary N) is 3. The first-order chi connectivity index (χ1) is 31.4. The second kappa shape index (κ2) is 19.1. The van der Waals surface area contributed by atoms with E-state index in [9.17, 15) is 40.8 Å². The number of benzene rings is 2. The second-order valence-electron chi connectivity index (χ2n) is 18.4. The summed E-state index contributed by atoms with van der Waals surface area (Å²) < 4.78 is 85.0. The predicted octanol–water partition coefficient (Wildman–Crippen LogP) is 6.87. The number of imidazole rings is 1. The summed E-state index contributed by atoms with van der Waals surface area (Å²) in [5, 5.41) is 7.94. The van der Waals surface area contributed by atoms with E-state index in [1.807, 2.05) is 48.8 Å². The Bertz CT molecular complexity index is 2640. The molecule has 2 fully saturated rings. The van der Waals surface area contributed by atoms with Crippen LogP contribution < -0.4 is 24.8 Å². The van der Waals surface area contributed by atoms with Crippen LogP contribution in [0.3, 0.4) is 0 Å². The minimum absolute atomic E-state index is 0.0538. The molecule has 0 spiro atoms. The summed E-state index contributed by atoms with van der Waals surface area (Å²) in [6.07, 6.45) is 0.210. The van der Waals surface area contributed by atoms with Crippen molar-refractivity contribution in [3.8, 4) is 33.6 Å². The van der Waals surface area contributed by atoms with Crippen molar-refractivity contribution in [1.29, 1.82) is 0 Å². The molecule has 22 heteroatoms. The summed E-state index contributed by atoms with van der Waals surface area (Å²) in [5.41, 5.74) is 0.513. The number of alkyl halides is 3. The average molecular weight is 973 g/mol. The number of thiazole rings is 1. The third kappa shape index (κ3) is 11.3. The first-order valence-electron chi connectivity index (χ1n) is 22.0. The van der Waals surface area contributed by atoms with Crippen molar-refractivity contribution in [2.75, 3.05) is 20.6 Å². The van der Waals surface area contributed by atoms with Crippen LogP contribution in [0.2, 0.25) is 0 Å². The molecule has 2 aliphatic heterocycles. The molecular formula is C45H55F3N8O9S2. The molecule has 5 atom stereocenters. The first kappa shape index (κ1) is 49.2. The Kier molecular flexibility index (Phi) is 14.0. The quantitative estimate of drug-likeness (QED) is 0.140. The Morgan fingerprint density at radius 3 is 2.43 bits per heavy atom. The molecule has 0 unspecified atom stereocenters. The van der Waals surface area contributed by atoms with Crippen LogP contribution in [-0.2, 0) is 29.3 Å². The fraction of sp³-hybridized carbons (Fsp3) is 0.511. The lowest BCUT2D eigenvalue weighted by atomic mass is 10.0. The van der Waals surface area contributed by atoms with Crippen LogP contribution in [0.1, 0.15) is 85.6 Å². The van der Waals surface area contributed by atoms with Gasteiger partial charge in [0.15, 0.2) is 0 Å². The number of hydrogen-bond acceptors (Lipinski definition) is 12. The van der Waals surface area contributed by atoms with Gasteiger partial charge in [0.25, 0.3) is 11.9 Å². The van der Waals surface area contributed by atoms with Crippen molar-refractivity contribution in [3.63, 3.8) is 0 Å². The number of amides is 4. The van der Waals surface area contributed by atoms with E-state index in [0.29, 0.717) is 52.1 Å². The summed E-state index contributed by atoms with van der Waals surface area (Å²) in [5.74, 6) is -3.06. The number of hydrogen-bond donors (Lipinski definition) is 3. The number of ether oxygens (including phenoxy) is 3. The van der Waals surface area contributed by atoms with E-state index in [1.165, 1.54) is 54.6 Å². The highest BCUT2D eigenvalue weighted by Gasteiger charge is 2.62. The van der Waals surface area contributed by atoms with E-state index in [4.69, 9.17) is 19.4 Å². The molecule has 0 radical (unpaired) electrons. The maximum absolute atomic E-state index is 14.7. The number of halogens is 3. The van der Waals surface area contributed by atoms with Gasteiger partial charge in [0.1, 0.15) is 45.6 Å². The molecule has 1 aliphatic carbocycles. The summed E-state index contributed by atoms with van der Waals surface area (Å²) in [6, 6.07) is 8.65. The number of allylic oxidation sites excluding steroid dienone is 1. The molecule has 4 heterocycles. The van der Waals surface area contributed by atoms with Crippen molar-refractivity contribution in [2.24, 2.45) is 5.92 Å². The third-order valence-electron chi connectivity index (χ3n) is 11.6. The average Bonchev–Trinajstić information content (AvgIpc) is 3.57. The number of carbonyl (C=O) groups excluding carboxylic acids is 4. The topological polar surface area (TPSA) is 203 Å². The van der Waals surface area contributed by atoms with Gasteiger partial charge >= 0.3 is 22.7 Å². The van der Waals surface area contributed by atoms with Gasteiger partial charge in [0.05, 0.1) is 17.8 Å². The van der Waals surface area contributed by atoms with E-state index in [0.717, 1.165) is 10.7 Å². The zero-order valence-electron chi connectivity index (χ0n) is 38.2. The molecule has 17 nitrogen and oxygen atoms in total. The molecule has 4 aromatic rings. The van der Waals surface area contributed by atoms with E-state index in [-0.39, 0.29) is 43.6 Å². The van der Waals surface area contributed by atoms with Crippen LogP contribution in [-0.4, -0.2) is 112 Å². The predicted molar refractivity (Wildman–Crippen MR) is 243 cm³/mol. The van der Waals surface area contributed by atoms with Crippen LogP contribution in [0.15, 0.2) is 60.0 Å². The lowest BCUT2D eigenvalue weighted by Crippen LogP contribution is -2.58. The number of aromatic nitrogens is 3. The maximum Gasteiger partial charge on any atom is 0.573 e. The lowest BCUT2D eigenvalue weighted by molar-refractivity contribution is -0.274. The number of rotatable bonds is 10. The van der Waals surface area contributed by atoms with Crippen molar-refractivity contribution in [3.05, 3.63) is 60.0 Å². The molecule has 4 amide bonds. The van der Waals surface area contributed by atoms with Crippen LogP contribution in [0.5, 0.6) is 11.8 Å². The normalized spacial score (nSPS) is 23.4. The highest BCUT2D eigenvalue weighted by atomic mass is 32.2. The Labute approximate surface area is 390 Å². The fourth-order valence-corrected chi connectivity index (χ4v) is 9.73. The molecule has 1 saturated heterocycles. The van der Waals surface area contributed by atoms with Gasteiger partial charge in [-0.05, 0) is 96.7 Å². The summed E-state index contributed by atoms with van der Waals surface area (Å²) in [6.45, 7) is 8.87. The molecule has 2 aromatic heterocycles. The van der Waals surface area contributed by atoms with Gasteiger partial charge in [-0.2, -0.15) is 17.7 Å². The van der Waals surface area contributed by atoms with Crippen molar-refractivity contribution >= 4 is 56.4 Å². The highest BCUT2D eigenvalue weighted by molar-refractivity contribution is 7.87. The molecule has 1 saturated carbocycles. The van der Waals surface area contributed by atoms with E-state index >= 15 is 0 Å². The Hall–Kier alpha value is -5.74. The van der Waals surface area contributed by atoms with Crippen LogP contribution in [0, 0.1) is 5.92 Å². The number of para-hydroxylation sites is 1. The number of alkyl carbamates (subject to hydrolysis) is 1. The van der Waals surface area contributed by atoms with Gasteiger partial charge in [-0.15, -0.1) is 24.5 Å². The summed E-state index contributed by atoms with van der Waals surface area (Å²) in [7, 11) is -1.69. The molecule has 2 aromatic carbocycles. The van der Waals surface area contributed by atoms with E-state index in [2.05, 4.69) is 20.1 Å². The van der Waals surface area contributed by atoms with Gasteiger partial charge in [-0.1, -0.05) is 31.1 Å². The molecule has 3 N–H and O–H groups in total. The van der Waals surface area contributed by atoms with Crippen molar-refractivity contribution in [1.82, 2.24) is 39.1 Å². The van der Waals surface area contributed by atoms with Crippen molar-refractivity contribution < 1.29 is 55.0 Å². The van der Waals surface area contributed by atoms with Gasteiger partial charge in [-0.3, -0.25) is 19.0 Å².